The van der Waals surface area contributed by atoms with Gasteiger partial charge >= 0.3 is 0 Å². The van der Waals surface area contributed by atoms with E-state index in [0.717, 1.165) is 0 Å². The van der Waals surface area contributed by atoms with Crippen molar-refractivity contribution in [3.8, 4) is 0 Å². The number of sulfone groups is 1. The van der Waals surface area contributed by atoms with Crippen LogP contribution < -0.4 is 0 Å². The van der Waals surface area contributed by atoms with E-state index in [1.807, 2.05) is 0 Å². The van der Waals surface area contributed by atoms with E-state index in [9.17, 15) is 13.2 Å². The van der Waals surface area contributed by atoms with Gasteiger partial charge < -0.3 is 4.90 Å². The molecule has 108 valence electrons. The Morgan fingerprint density at radius 3 is 2.32 bits per heavy atom. The van der Waals surface area contributed by atoms with E-state index < -0.39 is 9.84 Å². The summed E-state index contributed by atoms with van der Waals surface area (Å²) in [6, 6.07) is 0. The molecule has 0 radical (unpaired) electrons. The van der Waals surface area contributed by atoms with Crippen molar-refractivity contribution in [2.24, 2.45) is 0 Å². The molecule has 0 fully saturated rings. The summed E-state index contributed by atoms with van der Waals surface area (Å²) < 4.78 is 24.1. The van der Waals surface area contributed by atoms with Gasteiger partial charge in [0.15, 0.2) is 9.84 Å². The molecule has 0 aliphatic carbocycles. The molecule has 0 rings (SSSR count). The standard InChI is InChI=1S/C13H20ClNO3S/c1-5-11(14)7-8-12(6-2)19(17,18)10-9-13(16)15(3)4/h5,7-8H,1,6,9-10H2,2-4H3/b11-7+,12-8+. The predicted octanol–water partition coefficient (Wildman–Crippen LogP) is 2.48. The molecule has 0 bridgehead atoms. The molecule has 4 nitrogen and oxygen atoms in total. The van der Waals surface area contributed by atoms with E-state index in [-0.39, 0.29) is 23.0 Å². The highest BCUT2D eigenvalue weighted by Crippen LogP contribution is 2.15. The molecule has 0 heterocycles. The SMILES string of the molecule is C=C/C(Cl)=C\C=C(/CC)S(=O)(=O)CCC(=O)N(C)C. The van der Waals surface area contributed by atoms with Crippen LogP contribution >= 0.6 is 11.6 Å². The zero-order valence-electron chi connectivity index (χ0n) is 11.5. The number of nitrogens with zero attached hydrogens (tertiary/aromatic N) is 1. The number of carbonyl (C=O) groups excluding carboxylic acids is 1. The summed E-state index contributed by atoms with van der Waals surface area (Å²) in [5.74, 6) is -0.401. The summed E-state index contributed by atoms with van der Waals surface area (Å²) in [7, 11) is -0.238. The molecule has 0 atom stereocenters. The van der Waals surface area contributed by atoms with Gasteiger partial charge in [0.2, 0.25) is 5.91 Å². The first-order chi connectivity index (χ1) is 8.74. The second-order valence-electron chi connectivity index (χ2n) is 4.10. The summed E-state index contributed by atoms with van der Waals surface area (Å²) in [5.41, 5.74) is 0. The first-order valence-corrected chi connectivity index (χ1v) is 7.89. The maximum atomic E-state index is 12.1. The fourth-order valence-electron chi connectivity index (χ4n) is 1.26. The molecule has 0 N–H and O–H groups in total. The van der Waals surface area contributed by atoms with Crippen molar-refractivity contribution >= 4 is 27.3 Å². The molecule has 0 aliphatic rings. The van der Waals surface area contributed by atoms with Crippen LogP contribution in [0.15, 0.2) is 34.7 Å². The summed E-state index contributed by atoms with van der Waals surface area (Å²) >= 11 is 5.73. The first-order valence-electron chi connectivity index (χ1n) is 5.86. The van der Waals surface area contributed by atoms with E-state index in [4.69, 9.17) is 11.6 Å². The molecule has 0 spiro atoms. The lowest BCUT2D eigenvalue weighted by Gasteiger charge is -2.11. The van der Waals surface area contributed by atoms with Crippen LogP contribution in [0.25, 0.3) is 0 Å². The van der Waals surface area contributed by atoms with Gasteiger partial charge in [-0.15, -0.1) is 0 Å². The Labute approximate surface area is 120 Å². The number of amides is 1. The van der Waals surface area contributed by atoms with Crippen LogP contribution in [0.2, 0.25) is 0 Å². The lowest BCUT2D eigenvalue weighted by atomic mass is 10.4. The maximum Gasteiger partial charge on any atom is 0.223 e. The smallest absolute Gasteiger partial charge is 0.223 e. The zero-order valence-corrected chi connectivity index (χ0v) is 13.1. The van der Waals surface area contributed by atoms with Crippen molar-refractivity contribution in [3.63, 3.8) is 0 Å². The molecule has 0 saturated carbocycles. The second kappa shape index (κ2) is 8.17. The number of hydrogen-bond acceptors (Lipinski definition) is 3. The van der Waals surface area contributed by atoms with Crippen molar-refractivity contribution in [1.29, 1.82) is 0 Å². The summed E-state index contributed by atoms with van der Waals surface area (Å²) in [6.45, 7) is 5.22. The van der Waals surface area contributed by atoms with Crippen LogP contribution in [0.5, 0.6) is 0 Å². The van der Waals surface area contributed by atoms with Gasteiger partial charge in [-0.3, -0.25) is 4.79 Å². The fourth-order valence-corrected chi connectivity index (χ4v) is 2.74. The second-order valence-corrected chi connectivity index (χ2v) is 6.70. The maximum absolute atomic E-state index is 12.1. The van der Waals surface area contributed by atoms with Crippen molar-refractivity contribution in [2.45, 2.75) is 19.8 Å². The van der Waals surface area contributed by atoms with Crippen LogP contribution in [-0.2, 0) is 14.6 Å². The topological polar surface area (TPSA) is 54.5 Å². The van der Waals surface area contributed by atoms with Crippen LogP contribution in [-0.4, -0.2) is 39.1 Å². The minimum atomic E-state index is -3.43. The highest BCUT2D eigenvalue weighted by molar-refractivity contribution is 7.95. The number of halogens is 1. The molecular weight excluding hydrogens is 286 g/mol. The third-order valence-electron chi connectivity index (χ3n) is 2.45. The molecule has 6 heteroatoms. The number of rotatable bonds is 7. The lowest BCUT2D eigenvalue weighted by molar-refractivity contribution is -0.128. The number of carbonyl (C=O) groups is 1. The third kappa shape index (κ3) is 6.59. The van der Waals surface area contributed by atoms with Crippen molar-refractivity contribution < 1.29 is 13.2 Å². The minimum absolute atomic E-state index is 0.0222. The van der Waals surface area contributed by atoms with E-state index in [1.165, 1.54) is 23.1 Å². The van der Waals surface area contributed by atoms with E-state index in [0.29, 0.717) is 11.5 Å². The molecule has 0 aromatic rings. The van der Waals surface area contributed by atoms with Crippen LogP contribution in [0.1, 0.15) is 19.8 Å². The average Bonchev–Trinajstić information content (AvgIpc) is 2.35. The largest absolute Gasteiger partial charge is 0.349 e. The third-order valence-corrected chi connectivity index (χ3v) is 4.70. The Bertz CT molecular complexity index is 490. The van der Waals surface area contributed by atoms with Crippen molar-refractivity contribution in [1.82, 2.24) is 4.90 Å². The van der Waals surface area contributed by atoms with Crippen molar-refractivity contribution in [3.05, 3.63) is 34.7 Å². The van der Waals surface area contributed by atoms with Crippen LogP contribution in [0.4, 0.5) is 0 Å². The van der Waals surface area contributed by atoms with Gasteiger partial charge in [0.1, 0.15) is 0 Å². The molecule has 1 amide bonds. The van der Waals surface area contributed by atoms with Crippen LogP contribution in [0.3, 0.4) is 0 Å². The lowest BCUT2D eigenvalue weighted by Crippen LogP contribution is -2.24. The minimum Gasteiger partial charge on any atom is -0.349 e. The monoisotopic (exact) mass is 305 g/mol. The molecule has 19 heavy (non-hydrogen) atoms. The first kappa shape index (κ1) is 17.9. The Hall–Kier alpha value is -1.07. The van der Waals surface area contributed by atoms with Gasteiger partial charge in [-0.2, -0.15) is 0 Å². The molecule has 0 aromatic heterocycles. The van der Waals surface area contributed by atoms with E-state index in [1.54, 1.807) is 21.0 Å². The summed E-state index contributed by atoms with van der Waals surface area (Å²) in [4.78, 5) is 13.0. The van der Waals surface area contributed by atoms with Gasteiger partial charge in [-0.05, 0) is 18.6 Å². The summed E-state index contributed by atoms with van der Waals surface area (Å²) in [6.07, 6.45) is 4.70. The van der Waals surface area contributed by atoms with Gasteiger partial charge in [-0.1, -0.05) is 31.2 Å². The molecule has 0 unspecified atom stereocenters. The molecular formula is C13H20ClNO3S. The fraction of sp³-hybridized carbons (Fsp3) is 0.462. The highest BCUT2D eigenvalue weighted by atomic mass is 35.5. The Morgan fingerprint density at radius 1 is 1.32 bits per heavy atom. The van der Waals surface area contributed by atoms with Crippen LogP contribution in [0, 0.1) is 0 Å². The number of hydrogen-bond donors (Lipinski definition) is 0. The molecule has 0 aromatic carbocycles. The van der Waals surface area contributed by atoms with Gasteiger partial charge in [-0.25, -0.2) is 8.42 Å². The molecule has 0 saturated heterocycles. The van der Waals surface area contributed by atoms with Crippen molar-refractivity contribution in [2.75, 3.05) is 19.8 Å². The quantitative estimate of drug-likeness (QED) is 0.679. The van der Waals surface area contributed by atoms with E-state index >= 15 is 0 Å². The zero-order chi connectivity index (χ0) is 15.1. The van der Waals surface area contributed by atoms with Gasteiger partial charge in [0.25, 0.3) is 0 Å². The number of allylic oxidation sites excluding steroid dienone is 5. The normalized spacial score (nSPS) is 13.3. The Morgan fingerprint density at radius 2 is 1.89 bits per heavy atom. The average molecular weight is 306 g/mol. The van der Waals surface area contributed by atoms with Gasteiger partial charge in [0.05, 0.1) is 5.75 Å². The predicted molar refractivity (Wildman–Crippen MR) is 79.6 cm³/mol. The van der Waals surface area contributed by atoms with E-state index in [2.05, 4.69) is 6.58 Å². The highest BCUT2D eigenvalue weighted by Gasteiger charge is 2.18. The van der Waals surface area contributed by atoms with Gasteiger partial charge in [0, 0.05) is 30.5 Å². The Balaban J connectivity index is 4.96. The summed E-state index contributed by atoms with van der Waals surface area (Å²) in [5, 5.41) is 0.366. The Kier molecular flexibility index (Phi) is 7.71. The molecule has 0 aliphatic heterocycles.